The summed E-state index contributed by atoms with van der Waals surface area (Å²) in [5.41, 5.74) is 0.318. The molecule has 0 atom stereocenters. The van der Waals surface area contributed by atoms with Crippen LogP contribution in [-0.4, -0.2) is 33.1 Å². The number of urea groups is 1. The van der Waals surface area contributed by atoms with Crippen LogP contribution in [0.25, 0.3) is 0 Å². The van der Waals surface area contributed by atoms with Crippen molar-refractivity contribution in [2.45, 2.75) is 37.0 Å². The van der Waals surface area contributed by atoms with Gasteiger partial charge in [0.2, 0.25) is 0 Å². The van der Waals surface area contributed by atoms with Gasteiger partial charge in [0.1, 0.15) is 10.6 Å². The molecule has 1 fully saturated rings. The minimum Gasteiger partial charge on any atom is -0.493 e. The number of nitrogens with zero attached hydrogens (tertiary/aromatic N) is 3. The van der Waals surface area contributed by atoms with E-state index in [0.29, 0.717) is 24.0 Å². The molecule has 2 aromatic rings. The Balaban J connectivity index is 1.63. The van der Waals surface area contributed by atoms with Crippen LogP contribution >= 0.6 is 0 Å². The zero-order valence-electron chi connectivity index (χ0n) is 15.7. The van der Waals surface area contributed by atoms with Gasteiger partial charge in [-0.25, -0.2) is 18.2 Å². The molecule has 1 aliphatic heterocycles. The summed E-state index contributed by atoms with van der Waals surface area (Å²) in [6, 6.07) is 8.91. The van der Waals surface area contributed by atoms with Crippen molar-refractivity contribution in [1.29, 1.82) is 0 Å². The predicted molar refractivity (Wildman–Crippen MR) is 106 cm³/mol. The van der Waals surface area contributed by atoms with Gasteiger partial charge in [0.25, 0.3) is 10.0 Å². The Morgan fingerprint density at radius 2 is 1.93 bits per heavy atom. The molecule has 4 rings (SSSR count). The molecule has 2 heterocycles. The van der Waals surface area contributed by atoms with Crippen LogP contribution in [0.4, 0.5) is 16.3 Å². The number of benzene rings is 1. The monoisotopic (exact) mass is 401 g/mol. The maximum absolute atomic E-state index is 13.1. The molecule has 28 heavy (non-hydrogen) atoms. The molecule has 1 aromatic heterocycles. The summed E-state index contributed by atoms with van der Waals surface area (Å²) in [7, 11) is -2.49. The fourth-order valence-electron chi connectivity index (χ4n) is 3.77. The zero-order valence-corrected chi connectivity index (χ0v) is 16.6. The third-order valence-electron chi connectivity index (χ3n) is 5.34. The highest BCUT2D eigenvalue weighted by Crippen LogP contribution is 2.38. The van der Waals surface area contributed by atoms with Crippen LogP contribution < -0.4 is 13.9 Å². The number of ether oxygens (including phenoxy) is 1. The van der Waals surface area contributed by atoms with E-state index in [-0.39, 0.29) is 10.7 Å². The highest BCUT2D eigenvalue weighted by molar-refractivity contribution is 7.94. The highest BCUT2D eigenvalue weighted by atomic mass is 32.2. The van der Waals surface area contributed by atoms with E-state index in [2.05, 4.69) is 4.98 Å². The van der Waals surface area contributed by atoms with Gasteiger partial charge in [-0.05, 0) is 43.0 Å². The first-order chi connectivity index (χ1) is 13.5. The minimum atomic E-state index is -4.05. The molecule has 2 aliphatic rings. The summed E-state index contributed by atoms with van der Waals surface area (Å²) in [6.45, 7) is 0.614. The number of sulfonamides is 1. The normalized spacial score (nSPS) is 19.4. The van der Waals surface area contributed by atoms with E-state index in [1.54, 1.807) is 31.3 Å². The second-order valence-electron chi connectivity index (χ2n) is 7.24. The molecule has 0 unspecified atom stereocenters. The van der Waals surface area contributed by atoms with Gasteiger partial charge < -0.3 is 4.74 Å². The van der Waals surface area contributed by atoms with Gasteiger partial charge in [-0.15, -0.1) is 0 Å². The number of pyridine rings is 1. The Kier molecular flexibility index (Phi) is 4.97. The van der Waals surface area contributed by atoms with Gasteiger partial charge in [-0.2, -0.15) is 4.31 Å². The molecule has 2 amide bonds. The van der Waals surface area contributed by atoms with Crippen LogP contribution in [0.5, 0.6) is 5.75 Å². The van der Waals surface area contributed by atoms with Crippen LogP contribution in [0.15, 0.2) is 47.5 Å². The maximum atomic E-state index is 13.1. The standard InChI is InChI=1S/C20H23N3O4S/c1-22-17-13-16(27-14-15-7-3-2-4-8-15)10-11-18(17)28(25,26)23(20(22)24)19-9-5-6-12-21-19/h5-6,9-13,15H,2-4,7-8,14H2,1H3. The van der Waals surface area contributed by atoms with Gasteiger partial charge >= 0.3 is 6.03 Å². The fourth-order valence-corrected chi connectivity index (χ4v) is 5.35. The average molecular weight is 401 g/mol. The van der Waals surface area contributed by atoms with Gasteiger partial charge in [-0.1, -0.05) is 25.3 Å². The van der Waals surface area contributed by atoms with E-state index in [9.17, 15) is 13.2 Å². The van der Waals surface area contributed by atoms with Crippen LogP contribution in [0, 0.1) is 5.92 Å². The van der Waals surface area contributed by atoms with Gasteiger partial charge in [0, 0.05) is 19.3 Å². The molecule has 1 aliphatic carbocycles. The first-order valence-electron chi connectivity index (χ1n) is 9.49. The van der Waals surface area contributed by atoms with Crippen molar-refractivity contribution < 1.29 is 17.9 Å². The van der Waals surface area contributed by atoms with Gasteiger partial charge in [0.15, 0.2) is 5.82 Å². The van der Waals surface area contributed by atoms with Crippen LogP contribution in [-0.2, 0) is 10.0 Å². The number of aromatic nitrogens is 1. The summed E-state index contributed by atoms with van der Waals surface area (Å²) < 4.78 is 32.8. The number of amides is 2. The second-order valence-corrected chi connectivity index (χ2v) is 9.00. The lowest BCUT2D eigenvalue weighted by Crippen LogP contribution is -2.49. The lowest BCUT2D eigenvalue weighted by atomic mass is 9.90. The Bertz CT molecular complexity index is 972. The maximum Gasteiger partial charge on any atom is 0.344 e. The van der Waals surface area contributed by atoms with Crippen molar-refractivity contribution in [2.75, 3.05) is 22.9 Å². The van der Waals surface area contributed by atoms with Gasteiger partial charge in [0.05, 0.1) is 12.3 Å². The first kappa shape index (κ1) is 18.7. The van der Waals surface area contributed by atoms with Crippen molar-refractivity contribution in [3.05, 3.63) is 42.6 Å². The number of hydrogen-bond donors (Lipinski definition) is 0. The average Bonchev–Trinajstić information content (AvgIpc) is 2.72. The smallest absolute Gasteiger partial charge is 0.344 e. The van der Waals surface area contributed by atoms with Crippen molar-refractivity contribution in [1.82, 2.24) is 4.98 Å². The summed E-state index contributed by atoms with van der Waals surface area (Å²) >= 11 is 0. The predicted octanol–water partition coefficient (Wildman–Crippen LogP) is 3.81. The Hall–Kier alpha value is -2.61. The highest BCUT2D eigenvalue weighted by Gasteiger charge is 2.42. The molecule has 0 N–H and O–H groups in total. The van der Waals surface area contributed by atoms with Crippen LogP contribution in [0.1, 0.15) is 32.1 Å². The quantitative estimate of drug-likeness (QED) is 0.778. The van der Waals surface area contributed by atoms with E-state index in [1.807, 2.05) is 0 Å². The fraction of sp³-hybridized carbons (Fsp3) is 0.400. The molecule has 8 heteroatoms. The van der Waals surface area contributed by atoms with Gasteiger partial charge in [-0.3, -0.25) is 4.90 Å². The molecular formula is C20H23N3O4S. The van der Waals surface area contributed by atoms with Crippen molar-refractivity contribution in [2.24, 2.45) is 5.92 Å². The lowest BCUT2D eigenvalue weighted by Gasteiger charge is -2.33. The largest absolute Gasteiger partial charge is 0.493 e. The van der Waals surface area contributed by atoms with Crippen molar-refractivity contribution in [3.8, 4) is 5.75 Å². The Morgan fingerprint density at radius 3 is 2.64 bits per heavy atom. The number of hydrogen-bond acceptors (Lipinski definition) is 5. The second kappa shape index (κ2) is 7.43. The molecule has 1 saturated carbocycles. The van der Waals surface area contributed by atoms with E-state index in [1.165, 1.54) is 42.5 Å². The third-order valence-corrected chi connectivity index (χ3v) is 7.06. The van der Waals surface area contributed by atoms with Crippen LogP contribution in [0.2, 0.25) is 0 Å². The van der Waals surface area contributed by atoms with E-state index in [0.717, 1.165) is 17.1 Å². The summed E-state index contributed by atoms with van der Waals surface area (Å²) in [5.74, 6) is 1.18. The zero-order chi connectivity index (χ0) is 19.7. The molecule has 7 nitrogen and oxygen atoms in total. The summed E-state index contributed by atoms with van der Waals surface area (Å²) in [5, 5.41) is 0. The van der Waals surface area contributed by atoms with Crippen LogP contribution in [0.3, 0.4) is 0 Å². The number of fused-ring (bicyclic) bond motifs is 1. The number of carbonyl (C=O) groups is 1. The van der Waals surface area contributed by atoms with E-state index >= 15 is 0 Å². The third kappa shape index (κ3) is 3.32. The molecule has 0 radical (unpaired) electrons. The van der Waals surface area contributed by atoms with Crippen molar-refractivity contribution >= 4 is 27.6 Å². The number of carbonyl (C=O) groups excluding carboxylic acids is 1. The van der Waals surface area contributed by atoms with E-state index < -0.39 is 16.1 Å². The molecular weight excluding hydrogens is 378 g/mol. The molecule has 1 aromatic carbocycles. The molecule has 148 valence electrons. The summed E-state index contributed by atoms with van der Waals surface area (Å²) in [4.78, 5) is 18.2. The molecule has 0 spiro atoms. The number of rotatable bonds is 4. The minimum absolute atomic E-state index is 0.0604. The van der Waals surface area contributed by atoms with E-state index in [4.69, 9.17) is 4.74 Å². The van der Waals surface area contributed by atoms with Crippen molar-refractivity contribution in [3.63, 3.8) is 0 Å². The Morgan fingerprint density at radius 1 is 1.14 bits per heavy atom. The number of anilines is 2. The Labute approximate surface area is 165 Å². The topological polar surface area (TPSA) is 79.8 Å². The molecule has 0 saturated heterocycles. The molecule has 0 bridgehead atoms. The lowest BCUT2D eigenvalue weighted by molar-refractivity contribution is 0.209. The summed E-state index contributed by atoms with van der Waals surface area (Å²) in [6.07, 6.45) is 7.53. The first-order valence-corrected chi connectivity index (χ1v) is 10.9. The SMILES string of the molecule is CN1C(=O)N(c2ccccn2)S(=O)(=O)c2ccc(OCC3CCCCC3)cc21.